The minimum absolute atomic E-state index is 0.361. The van der Waals surface area contributed by atoms with Crippen LogP contribution in [0.3, 0.4) is 0 Å². The third-order valence-electron chi connectivity index (χ3n) is 3.53. The van der Waals surface area contributed by atoms with E-state index in [0.29, 0.717) is 37.1 Å². The Balaban J connectivity index is 2.07. The first kappa shape index (κ1) is 16.5. The highest BCUT2D eigenvalue weighted by atomic mass is 32.2. The second-order valence-corrected chi connectivity index (χ2v) is 7.10. The van der Waals surface area contributed by atoms with E-state index in [1.165, 1.54) is 0 Å². The van der Waals surface area contributed by atoms with E-state index >= 15 is 0 Å². The van der Waals surface area contributed by atoms with Crippen molar-refractivity contribution < 1.29 is 13.2 Å². The molecule has 2 N–H and O–H groups in total. The first-order chi connectivity index (χ1) is 10.1. The molecule has 1 aromatic heterocycles. The summed E-state index contributed by atoms with van der Waals surface area (Å²) >= 11 is 0. The van der Waals surface area contributed by atoms with Crippen LogP contribution < -0.4 is 10.0 Å². The monoisotopic (exact) mass is 315 g/mol. The fourth-order valence-corrected chi connectivity index (χ4v) is 3.36. The summed E-state index contributed by atoms with van der Waals surface area (Å²) in [5, 5.41) is 3.26. The van der Waals surface area contributed by atoms with Gasteiger partial charge >= 0.3 is 0 Å². The zero-order chi connectivity index (χ0) is 15.3. The summed E-state index contributed by atoms with van der Waals surface area (Å²) in [6.07, 6.45) is 4.70. The molecule has 1 aromatic rings. The van der Waals surface area contributed by atoms with Crippen LogP contribution in [0.5, 0.6) is 0 Å². The molecular formula is C14H25N3O3S. The quantitative estimate of drug-likeness (QED) is 0.637. The van der Waals surface area contributed by atoms with Crippen LogP contribution in [0.2, 0.25) is 0 Å². The summed E-state index contributed by atoms with van der Waals surface area (Å²) < 4.78 is 34.2. The fourth-order valence-electron chi connectivity index (χ4n) is 2.24. The Bertz CT molecular complexity index is 550. The van der Waals surface area contributed by atoms with Crippen LogP contribution in [0.15, 0.2) is 17.2 Å². The highest BCUT2D eigenvalue weighted by Crippen LogP contribution is 2.37. The minimum atomic E-state index is -3.43. The number of hydrogen-bond acceptors (Lipinski definition) is 4. The molecule has 21 heavy (non-hydrogen) atoms. The highest BCUT2D eigenvalue weighted by Gasteiger charge is 2.27. The topological polar surface area (TPSA) is 72.4 Å². The number of aromatic nitrogens is 1. The van der Waals surface area contributed by atoms with E-state index < -0.39 is 10.0 Å². The maximum absolute atomic E-state index is 12.3. The number of hydrogen-bond donors (Lipinski definition) is 2. The molecular weight excluding hydrogens is 290 g/mol. The number of nitrogens with zero attached hydrogens (tertiary/aromatic N) is 1. The van der Waals surface area contributed by atoms with Crippen LogP contribution in [0.4, 0.5) is 0 Å². The zero-order valence-corrected chi connectivity index (χ0v) is 13.6. The Morgan fingerprint density at radius 3 is 2.81 bits per heavy atom. The van der Waals surface area contributed by atoms with E-state index in [0.717, 1.165) is 25.1 Å². The number of nitrogens with one attached hydrogen (secondary N) is 2. The van der Waals surface area contributed by atoms with Crippen molar-refractivity contribution in [3.8, 4) is 0 Å². The molecule has 1 heterocycles. The number of ether oxygens (including phenoxy) is 1. The third kappa shape index (κ3) is 4.54. The zero-order valence-electron chi connectivity index (χ0n) is 12.8. The number of methoxy groups -OCH3 is 1. The van der Waals surface area contributed by atoms with Crippen molar-refractivity contribution in [1.29, 1.82) is 0 Å². The second-order valence-electron chi connectivity index (χ2n) is 5.33. The van der Waals surface area contributed by atoms with Gasteiger partial charge in [-0.1, -0.05) is 6.92 Å². The van der Waals surface area contributed by atoms with Crippen LogP contribution in [-0.4, -0.2) is 39.8 Å². The summed E-state index contributed by atoms with van der Waals surface area (Å²) in [6, 6.07) is 2.25. The lowest BCUT2D eigenvalue weighted by atomic mass is 10.4. The molecule has 0 atom stereocenters. The molecule has 0 bridgehead atoms. The standard InChI is InChI=1S/C14H25N3O3S/c1-3-15-10-13-9-14(11-17(13)12-5-6-12)21(18,19)16-7-4-8-20-2/h9,11-12,15-16H,3-8,10H2,1-2H3. The summed E-state index contributed by atoms with van der Waals surface area (Å²) in [5.74, 6) is 0. The third-order valence-corrected chi connectivity index (χ3v) is 4.96. The molecule has 1 saturated carbocycles. The maximum Gasteiger partial charge on any atom is 0.242 e. The molecule has 1 aliphatic carbocycles. The van der Waals surface area contributed by atoms with E-state index in [4.69, 9.17) is 4.74 Å². The lowest BCUT2D eigenvalue weighted by molar-refractivity contribution is 0.196. The molecule has 6 nitrogen and oxygen atoms in total. The SMILES string of the molecule is CCNCc1cc(S(=O)(=O)NCCCOC)cn1C1CC1. The van der Waals surface area contributed by atoms with E-state index in [-0.39, 0.29) is 0 Å². The largest absolute Gasteiger partial charge is 0.385 e. The van der Waals surface area contributed by atoms with Crippen molar-refractivity contribution >= 4 is 10.0 Å². The lowest BCUT2D eigenvalue weighted by Gasteiger charge is -2.07. The lowest BCUT2D eigenvalue weighted by Crippen LogP contribution is -2.25. The average Bonchev–Trinajstić information content (AvgIpc) is 3.21. The molecule has 2 rings (SSSR count). The van der Waals surface area contributed by atoms with Gasteiger partial charge in [-0.05, 0) is 31.9 Å². The molecule has 0 saturated heterocycles. The van der Waals surface area contributed by atoms with Crippen molar-refractivity contribution in [1.82, 2.24) is 14.6 Å². The first-order valence-electron chi connectivity index (χ1n) is 7.48. The second kappa shape index (κ2) is 7.40. The Morgan fingerprint density at radius 1 is 1.43 bits per heavy atom. The van der Waals surface area contributed by atoms with Gasteiger partial charge in [-0.2, -0.15) is 0 Å². The molecule has 0 radical (unpaired) electrons. The van der Waals surface area contributed by atoms with Crippen molar-refractivity contribution in [3.63, 3.8) is 0 Å². The van der Waals surface area contributed by atoms with Gasteiger partial charge in [0.1, 0.15) is 0 Å². The van der Waals surface area contributed by atoms with Gasteiger partial charge in [-0.3, -0.25) is 0 Å². The van der Waals surface area contributed by atoms with E-state index in [2.05, 4.69) is 14.6 Å². The minimum Gasteiger partial charge on any atom is -0.385 e. The maximum atomic E-state index is 12.3. The summed E-state index contributed by atoms with van der Waals surface area (Å²) in [7, 11) is -1.82. The van der Waals surface area contributed by atoms with Gasteiger partial charge in [0.05, 0.1) is 4.90 Å². The number of rotatable bonds is 10. The van der Waals surface area contributed by atoms with Crippen LogP contribution >= 0.6 is 0 Å². The molecule has 1 fully saturated rings. The van der Waals surface area contributed by atoms with E-state index in [1.807, 2.05) is 6.92 Å². The van der Waals surface area contributed by atoms with Crippen LogP contribution in [0, 0.1) is 0 Å². The summed E-state index contributed by atoms with van der Waals surface area (Å²) in [4.78, 5) is 0.361. The Hall–Kier alpha value is -0.890. The molecule has 0 amide bonds. The van der Waals surface area contributed by atoms with Gasteiger partial charge in [0, 0.05) is 44.7 Å². The number of sulfonamides is 1. The van der Waals surface area contributed by atoms with Crippen molar-refractivity contribution in [2.24, 2.45) is 0 Å². The Labute approximate surface area is 126 Å². The van der Waals surface area contributed by atoms with E-state index in [9.17, 15) is 8.42 Å². The van der Waals surface area contributed by atoms with Crippen LogP contribution in [0.1, 0.15) is 37.9 Å². The highest BCUT2D eigenvalue weighted by molar-refractivity contribution is 7.89. The van der Waals surface area contributed by atoms with Gasteiger partial charge in [-0.15, -0.1) is 0 Å². The Morgan fingerprint density at radius 2 is 2.19 bits per heavy atom. The molecule has 0 unspecified atom stereocenters. The molecule has 0 aromatic carbocycles. The predicted molar refractivity (Wildman–Crippen MR) is 81.8 cm³/mol. The van der Waals surface area contributed by atoms with E-state index in [1.54, 1.807) is 19.4 Å². The fraction of sp³-hybridized carbons (Fsp3) is 0.714. The van der Waals surface area contributed by atoms with Crippen molar-refractivity contribution in [2.75, 3.05) is 26.8 Å². The van der Waals surface area contributed by atoms with Gasteiger partial charge in [-0.25, -0.2) is 13.1 Å². The normalized spacial score (nSPS) is 15.5. The van der Waals surface area contributed by atoms with Gasteiger partial charge in [0.15, 0.2) is 0 Å². The average molecular weight is 315 g/mol. The summed E-state index contributed by atoms with van der Waals surface area (Å²) in [6.45, 7) is 4.56. The van der Waals surface area contributed by atoms with Crippen LogP contribution in [0.25, 0.3) is 0 Å². The Kier molecular flexibility index (Phi) is 5.80. The van der Waals surface area contributed by atoms with Gasteiger partial charge in [0.2, 0.25) is 10.0 Å². The predicted octanol–water partition coefficient (Wildman–Crippen LogP) is 1.25. The van der Waals surface area contributed by atoms with Crippen molar-refractivity contribution in [3.05, 3.63) is 18.0 Å². The molecule has 7 heteroatoms. The molecule has 0 spiro atoms. The molecule has 0 aliphatic heterocycles. The molecule has 1 aliphatic rings. The van der Waals surface area contributed by atoms with Gasteiger partial charge in [0.25, 0.3) is 0 Å². The smallest absolute Gasteiger partial charge is 0.242 e. The van der Waals surface area contributed by atoms with Crippen molar-refractivity contribution in [2.45, 2.75) is 43.7 Å². The summed E-state index contributed by atoms with van der Waals surface area (Å²) in [5.41, 5.74) is 1.04. The van der Waals surface area contributed by atoms with Gasteiger partial charge < -0.3 is 14.6 Å². The molecule has 120 valence electrons. The first-order valence-corrected chi connectivity index (χ1v) is 8.97. The van der Waals surface area contributed by atoms with Crippen LogP contribution in [-0.2, 0) is 21.3 Å².